The Labute approximate surface area is 108 Å². The number of hydrogen-bond acceptors (Lipinski definition) is 3. The zero-order chi connectivity index (χ0) is 11.9. The van der Waals surface area contributed by atoms with E-state index in [-0.39, 0.29) is 0 Å². The van der Waals surface area contributed by atoms with Crippen LogP contribution in [0.25, 0.3) is 0 Å². The third-order valence-electron chi connectivity index (χ3n) is 2.95. The fourth-order valence-electron chi connectivity index (χ4n) is 2.04. The SMILES string of the molecule is Cc1cccc(OCCSC2CCCNC2)c1. The predicted molar refractivity (Wildman–Crippen MR) is 75.0 cm³/mol. The number of hydrogen-bond donors (Lipinski definition) is 1. The van der Waals surface area contributed by atoms with Crippen LogP contribution in [0.1, 0.15) is 18.4 Å². The molecule has 1 aromatic rings. The van der Waals surface area contributed by atoms with Crippen molar-refractivity contribution in [3.63, 3.8) is 0 Å². The highest BCUT2D eigenvalue weighted by molar-refractivity contribution is 7.99. The second kappa shape index (κ2) is 6.92. The lowest BCUT2D eigenvalue weighted by molar-refractivity contribution is 0.343. The molecule has 0 bridgehead atoms. The first-order valence-electron chi connectivity index (χ1n) is 6.36. The van der Waals surface area contributed by atoms with Crippen LogP contribution in [-0.4, -0.2) is 30.7 Å². The maximum Gasteiger partial charge on any atom is 0.119 e. The summed E-state index contributed by atoms with van der Waals surface area (Å²) in [6.07, 6.45) is 2.67. The summed E-state index contributed by atoms with van der Waals surface area (Å²) in [4.78, 5) is 0. The first kappa shape index (κ1) is 12.8. The normalized spacial score (nSPS) is 20.2. The maximum atomic E-state index is 5.74. The molecule has 94 valence electrons. The molecule has 2 nitrogen and oxygen atoms in total. The Kier molecular flexibility index (Phi) is 5.20. The van der Waals surface area contributed by atoms with E-state index in [1.54, 1.807) is 0 Å². The van der Waals surface area contributed by atoms with Crippen LogP contribution in [0.3, 0.4) is 0 Å². The molecule has 2 rings (SSSR count). The van der Waals surface area contributed by atoms with Crippen LogP contribution in [0.5, 0.6) is 5.75 Å². The highest BCUT2D eigenvalue weighted by Crippen LogP contribution is 2.19. The molecule has 0 amide bonds. The highest BCUT2D eigenvalue weighted by Gasteiger charge is 2.12. The molecule has 1 aromatic carbocycles. The molecule has 0 aliphatic carbocycles. The lowest BCUT2D eigenvalue weighted by Gasteiger charge is -2.22. The van der Waals surface area contributed by atoms with Crippen molar-refractivity contribution in [3.8, 4) is 5.75 Å². The quantitative estimate of drug-likeness (QED) is 0.813. The average Bonchev–Trinajstić information content (AvgIpc) is 2.36. The van der Waals surface area contributed by atoms with E-state index in [1.165, 1.54) is 24.9 Å². The van der Waals surface area contributed by atoms with Gasteiger partial charge in [-0.05, 0) is 44.0 Å². The van der Waals surface area contributed by atoms with Crippen molar-refractivity contribution >= 4 is 11.8 Å². The van der Waals surface area contributed by atoms with Crippen LogP contribution in [0, 0.1) is 6.92 Å². The molecule has 1 atom stereocenters. The van der Waals surface area contributed by atoms with Crippen molar-refractivity contribution in [1.29, 1.82) is 0 Å². The summed E-state index contributed by atoms with van der Waals surface area (Å²) in [7, 11) is 0. The fourth-order valence-corrected chi connectivity index (χ4v) is 3.12. The first-order chi connectivity index (χ1) is 8.34. The number of benzene rings is 1. The Hall–Kier alpha value is -0.670. The number of ether oxygens (including phenoxy) is 1. The minimum absolute atomic E-state index is 0.782. The Balaban J connectivity index is 1.62. The molecule has 1 heterocycles. The Morgan fingerprint density at radius 2 is 2.41 bits per heavy atom. The summed E-state index contributed by atoms with van der Waals surface area (Å²) in [5, 5.41) is 4.22. The molecule has 0 radical (unpaired) electrons. The van der Waals surface area contributed by atoms with Gasteiger partial charge in [0, 0.05) is 17.5 Å². The molecule has 0 saturated carbocycles. The fraction of sp³-hybridized carbons (Fsp3) is 0.571. The minimum Gasteiger partial charge on any atom is -0.493 e. The second-order valence-electron chi connectivity index (χ2n) is 4.50. The summed E-state index contributed by atoms with van der Waals surface area (Å²) in [5.41, 5.74) is 1.26. The van der Waals surface area contributed by atoms with Crippen molar-refractivity contribution in [1.82, 2.24) is 5.32 Å². The van der Waals surface area contributed by atoms with Gasteiger partial charge in [0.2, 0.25) is 0 Å². The van der Waals surface area contributed by atoms with Gasteiger partial charge in [0.1, 0.15) is 5.75 Å². The van der Waals surface area contributed by atoms with Gasteiger partial charge in [0.15, 0.2) is 0 Å². The van der Waals surface area contributed by atoms with E-state index in [4.69, 9.17) is 4.74 Å². The molecule has 0 spiro atoms. The van der Waals surface area contributed by atoms with Gasteiger partial charge < -0.3 is 10.1 Å². The van der Waals surface area contributed by atoms with E-state index in [0.717, 1.165) is 29.9 Å². The summed E-state index contributed by atoms with van der Waals surface area (Å²) in [6.45, 7) is 5.26. The second-order valence-corrected chi connectivity index (χ2v) is 5.91. The smallest absolute Gasteiger partial charge is 0.119 e. The van der Waals surface area contributed by atoms with E-state index in [0.29, 0.717) is 0 Å². The number of piperidine rings is 1. The van der Waals surface area contributed by atoms with Gasteiger partial charge in [-0.1, -0.05) is 12.1 Å². The topological polar surface area (TPSA) is 21.3 Å². The predicted octanol–water partition coefficient (Wildman–Crippen LogP) is 2.86. The Morgan fingerprint density at radius 3 is 3.18 bits per heavy atom. The number of nitrogens with one attached hydrogen (secondary N) is 1. The molecule has 1 N–H and O–H groups in total. The monoisotopic (exact) mass is 251 g/mol. The van der Waals surface area contributed by atoms with Gasteiger partial charge in [0.05, 0.1) is 6.61 Å². The molecular formula is C14H21NOS. The third kappa shape index (κ3) is 4.60. The molecular weight excluding hydrogens is 230 g/mol. The summed E-state index contributed by atoms with van der Waals surface area (Å²) in [5.74, 6) is 2.08. The number of rotatable bonds is 5. The third-order valence-corrected chi connectivity index (χ3v) is 4.22. The lowest BCUT2D eigenvalue weighted by atomic mass is 10.2. The van der Waals surface area contributed by atoms with Crippen LogP contribution in [0.4, 0.5) is 0 Å². The van der Waals surface area contributed by atoms with Gasteiger partial charge in [0.25, 0.3) is 0 Å². The Bertz CT molecular complexity index is 337. The minimum atomic E-state index is 0.782. The molecule has 1 unspecified atom stereocenters. The molecule has 1 saturated heterocycles. The average molecular weight is 251 g/mol. The largest absolute Gasteiger partial charge is 0.493 e. The number of aryl methyl sites for hydroxylation is 1. The summed E-state index contributed by atoms with van der Waals surface area (Å²) >= 11 is 2.03. The van der Waals surface area contributed by atoms with Gasteiger partial charge in [-0.2, -0.15) is 11.8 Å². The van der Waals surface area contributed by atoms with E-state index in [1.807, 2.05) is 23.9 Å². The van der Waals surface area contributed by atoms with E-state index >= 15 is 0 Å². The first-order valence-corrected chi connectivity index (χ1v) is 7.41. The lowest BCUT2D eigenvalue weighted by Crippen LogP contribution is -2.32. The summed E-state index contributed by atoms with van der Waals surface area (Å²) in [6, 6.07) is 8.25. The number of thioether (sulfide) groups is 1. The van der Waals surface area contributed by atoms with Crippen LogP contribution in [0.2, 0.25) is 0 Å². The van der Waals surface area contributed by atoms with E-state index in [9.17, 15) is 0 Å². The maximum absolute atomic E-state index is 5.74. The van der Waals surface area contributed by atoms with Gasteiger partial charge in [-0.25, -0.2) is 0 Å². The summed E-state index contributed by atoms with van der Waals surface area (Å²) < 4.78 is 5.74. The van der Waals surface area contributed by atoms with Gasteiger partial charge in [-0.15, -0.1) is 0 Å². The van der Waals surface area contributed by atoms with Crippen molar-refractivity contribution in [3.05, 3.63) is 29.8 Å². The Morgan fingerprint density at radius 1 is 1.47 bits per heavy atom. The van der Waals surface area contributed by atoms with Gasteiger partial charge >= 0.3 is 0 Å². The molecule has 1 fully saturated rings. The van der Waals surface area contributed by atoms with Crippen LogP contribution >= 0.6 is 11.8 Å². The van der Waals surface area contributed by atoms with E-state index in [2.05, 4.69) is 24.4 Å². The standard InChI is InChI=1S/C14H21NOS/c1-12-4-2-5-13(10-12)16-8-9-17-14-6-3-7-15-11-14/h2,4-5,10,14-15H,3,6-9,11H2,1H3. The van der Waals surface area contributed by atoms with Crippen LogP contribution in [0.15, 0.2) is 24.3 Å². The molecule has 0 aromatic heterocycles. The van der Waals surface area contributed by atoms with E-state index < -0.39 is 0 Å². The van der Waals surface area contributed by atoms with Crippen molar-refractivity contribution in [2.24, 2.45) is 0 Å². The molecule has 1 aliphatic heterocycles. The van der Waals surface area contributed by atoms with Gasteiger partial charge in [-0.3, -0.25) is 0 Å². The molecule has 3 heteroatoms. The highest BCUT2D eigenvalue weighted by atomic mass is 32.2. The molecule has 17 heavy (non-hydrogen) atoms. The van der Waals surface area contributed by atoms with Crippen molar-refractivity contribution < 1.29 is 4.74 Å². The molecule has 1 aliphatic rings. The van der Waals surface area contributed by atoms with Crippen LogP contribution in [-0.2, 0) is 0 Å². The van der Waals surface area contributed by atoms with Crippen molar-refractivity contribution in [2.45, 2.75) is 25.0 Å². The zero-order valence-corrected chi connectivity index (χ0v) is 11.3. The van der Waals surface area contributed by atoms with Crippen molar-refractivity contribution in [2.75, 3.05) is 25.4 Å². The zero-order valence-electron chi connectivity index (χ0n) is 10.4. The van der Waals surface area contributed by atoms with Crippen LogP contribution < -0.4 is 10.1 Å².